The Labute approximate surface area is 74.9 Å². The fourth-order valence-electron chi connectivity index (χ4n) is 1.73. The Balaban J connectivity index is 2.41. The predicted octanol–water partition coefficient (Wildman–Crippen LogP) is 1.82. The van der Waals surface area contributed by atoms with Gasteiger partial charge in [0.1, 0.15) is 0 Å². The number of hydrogen-bond acceptors (Lipinski definition) is 2. The van der Waals surface area contributed by atoms with Gasteiger partial charge in [0, 0.05) is 19.1 Å². The Morgan fingerprint density at radius 3 is 2.58 bits per heavy atom. The quantitative estimate of drug-likeness (QED) is 0.688. The lowest BCUT2D eigenvalue weighted by molar-refractivity contribution is 0.0415. The molecule has 1 aliphatic rings. The molecule has 12 heavy (non-hydrogen) atoms. The first-order chi connectivity index (χ1) is 5.53. The molecule has 0 aliphatic carbocycles. The average molecular weight is 172 g/mol. The Morgan fingerprint density at radius 1 is 1.42 bits per heavy atom. The molecule has 0 aromatic rings. The van der Waals surface area contributed by atoms with E-state index in [1.165, 1.54) is 0 Å². The molecule has 72 valence electrons. The topological polar surface area (TPSA) is 29.5 Å². The van der Waals surface area contributed by atoms with E-state index >= 15 is 0 Å². The Morgan fingerprint density at radius 2 is 2.08 bits per heavy atom. The van der Waals surface area contributed by atoms with Crippen LogP contribution in [0.15, 0.2) is 0 Å². The third-order valence-corrected chi connectivity index (χ3v) is 2.39. The minimum absolute atomic E-state index is 0.279. The zero-order chi connectivity index (χ0) is 9.19. The second-order valence-electron chi connectivity index (χ2n) is 4.91. The lowest BCUT2D eigenvalue weighted by Crippen LogP contribution is -2.25. The van der Waals surface area contributed by atoms with Gasteiger partial charge in [-0.3, -0.25) is 0 Å². The summed E-state index contributed by atoms with van der Waals surface area (Å²) in [7, 11) is 0. The largest absolute Gasteiger partial charge is 0.396 e. The molecule has 1 fully saturated rings. The van der Waals surface area contributed by atoms with Gasteiger partial charge in [-0.2, -0.15) is 0 Å². The number of rotatable bonds is 2. The fraction of sp³-hybridized carbons (Fsp3) is 1.00. The Hall–Kier alpha value is -0.0800. The maximum atomic E-state index is 9.05. The van der Waals surface area contributed by atoms with E-state index < -0.39 is 0 Å². The van der Waals surface area contributed by atoms with Gasteiger partial charge in [0.15, 0.2) is 0 Å². The molecular weight excluding hydrogens is 152 g/mol. The summed E-state index contributed by atoms with van der Waals surface area (Å²) >= 11 is 0. The summed E-state index contributed by atoms with van der Waals surface area (Å²) < 4.78 is 5.57. The van der Waals surface area contributed by atoms with E-state index in [1.807, 2.05) is 0 Å². The zero-order valence-corrected chi connectivity index (χ0v) is 8.34. The maximum Gasteiger partial charge on any atom is 0.0631 e. The van der Waals surface area contributed by atoms with Crippen LogP contribution in [0.2, 0.25) is 0 Å². The number of hydrogen-bond donors (Lipinski definition) is 1. The van der Waals surface area contributed by atoms with Crippen LogP contribution in [0, 0.1) is 11.3 Å². The highest BCUT2D eigenvalue weighted by Gasteiger charge is 2.30. The van der Waals surface area contributed by atoms with Crippen LogP contribution in [0.25, 0.3) is 0 Å². The number of aliphatic hydroxyl groups is 1. The summed E-state index contributed by atoms with van der Waals surface area (Å²) in [6.45, 7) is 7.74. The Kier molecular flexibility index (Phi) is 3.13. The monoisotopic (exact) mass is 172 g/mol. The van der Waals surface area contributed by atoms with E-state index in [9.17, 15) is 0 Å². The van der Waals surface area contributed by atoms with E-state index in [0.29, 0.717) is 11.3 Å². The lowest BCUT2D eigenvalue weighted by Gasteiger charge is -2.25. The fourth-order valence-corrected chi connectivity index (χ4v) is 1.73. The molecule has 2 atom stereocenters. The molecule has 0 radical (unpaired) electrons. The molecule has 0 amide bonds. The summed E-state index contributed by atoms with van der Waals surface area (Å²) in [5.41, 5.74) is 0.308. The van der Waals surface area contributed by atoms with Crippen LogP contribution < -0.4 is 0 Å². The molecule has 2 unspecified atom stereocenters. The van der Waals surface area contributed by atoms with Crippen molar-refractivity contribution in [2.45, 2.75) is 39.7 Å². The van der Waals surface area contributed by atoms with Crippen molar-refractivity contribution in [2.24, 2.45) is 11.3 Å². The van der Waals surface area contributed by atoms with E-state index in [1.54, 1.807) is 0 Å². The van der Waals surface area contributed by atoms with Crippen molar-refractivity contribution in [3.8, 4) is 0 Å². The first-order valence-electron chi connectivity index (χ1n) is 4.75. The van der Waals surface area contributed by atoms with E-state index in [2.05, 4.69) is 20.8 Å². The van der Waals surface area contributed by atoms with Crippen molar-refractivity contribution < 1.29 is 9.84 Å². The summed E-state index contributed by atoms with van der Waals surface area (Å²) in [5.74, 6) is 0.379. The van der Waals surface area contributed by atoms with Gasteiger partial charge in [0.25, 0.3) is 0 Å². The second kappa shape index (κ2) is 3.75. The van der Waals surface area contributed by atoms with Gasteiger partial charge in [-0.15, -0.1) is 0 Å². The predicted molar refractivity (Wildman–Crippen MR) is 49.0 cm³/mol. The van der Waals surface area contributed by atoms with Crippen LogP contribution in [-0.4, -0.2) is 24.4 Å². The van der Waals surface area contributed by atoms with Crippen LogP contribution in [0.4, 0.5) is 0 Å². The molecule has 0 saturated carbocycles. The molecule has 0 bridgehead atoms. The highest BCUT2D eigenvalue weighted by atomic mass is 16.5. The standard InChI is InChI=1S/C10H20O2/c1-10(2,3)6-9-8(7-11)4-5-12-9/h8-9,11H,4-7H2,1-3H3. The second-order valence-corrected chi connectivity index (χ2v) is 4.91. The van der Waals surface area contributed by atoms with Gasteiger partial charge >= 0.3 is 0 Å². The SMILES string of the molecule is CC(C)(C)CC1OCCC1CO. The van der Waals surface area contributed by atoms with Gasteiger partial charge in [-0.1, -0.05) is 20.8 Å². The first kappa shape index (κ1) is 10.0. The molecule has 1 saturated heterocycles. The molecule has 0 aromatic carbocycles. The minimum atomic E-state index is 0.279. The summed E-state index contributed by atoms with van der Waals surface area (Å²) in [6, 6.07) is 0. The third kappa shape index (κ3) is 2.76. The zero-order valence-electron chi connectivity index (χ0n) is 8.34. The van der Waals surface area contributed by atoms with Gasteiger partial charge in [-0.25, -0.2) is 0 Å². The lowest BCUT2D eigenvalue weighted by atomic mass is 9.85. The van der Waals surface area contributed by atoms with Gasteiger partial charge < -0.3 is 9.84 Å². The Bertz CT molecular complexity index is 137. The van der Waals surface area contributed by atoms with Crippen molar-refractivity contribution in [1.82, 2.24) is 0 Å². The van der Waals surface area contributed by atoms with Gasteiger partial charge in [0.05, 0.1) is 6.10 Å². The minimum Gasteiger partial charge on any atom is -0.396 e. The summed E-state index contributed by atoms with van der Waals surface area (Å²) in [5, 5.41) is 9.05. The van der Waals surface area contributed by atoms with E-state index in [4.69, 9.17) is 9.84 Å². The van der Waals surface area contributed by atoms with Crippen LogP contribution in [-0.2, 0) is 4.74 Å². The van der Waals surface area contributed by atoms with Crippen molar-refractivity contribution in [1.29, 1.82) is 0 Å². The average Bonchev–Trinajstić information content (AvgIpc) is 2.31. The number of aliphatic hydroxyl groups excluding tert-OH is 1. The van der Waals surface area contributed by atoms with Crippen LogP contribution in [0.1, 0.15) is 33.6 Å². The molecule has 1 heterocycles. The molecular formula is C10H20O2. The van der Waals surface area contributed by atoms with Gasteiger partial charge in [0.2, 0.25) is 0 Å². The highest BCUT2D eigenvalue weighted by molar-refractivity contribution is 4.79. The first-order valence-corrected chi connectivity index (χ1v) is 4.75. The highest BCUT2D eigenvalue weighted by Crippen LogP contribution is 2.31. The van der Waals surface area contributed by atoms with Crippen molar-refractivity contribution >= 4 is 0 Å². The molecule has 0 spiro atoms. The van der Waals surface area contributed by atoms with Gasteiger partial charge in [-0.05, 0) is 18.3 Å². The van der Waals surface area contributed by atoms with Crippen LogP contribution in [0.3, 0.4) is 0 Å². The van der Waals surface area contributed by atoms with E-state index in [-0.39, 0.29) is 12.7 Å². The normalized spacial score (nSPS) is 31.0. The summed E-state index contributed by atoms with van der Waals surface area (Å²) in [6.07, 6.45) is 2.37. The van der Waals surface area contributed by atoms with Crippen molar-refractivity contribution in [2.75, 3.05) is 13.2 Å². The summed E-state index contributed by atoms with van der Waals surface area (Å²) in [4.78, 5) is 0. The smallest absolute Gasteiger partial charge is 0.0631 e. The molecule has 2 heteroatoms. The molecule has 0 aromatic heterocycles. The van der Waals surface area contributed by atoms with Crippen LogP contribution >= 0.6 is 0 Å². The molecule has 2 nitrogen and oxygen atoms in total. The molecule has 1 rings (SSSR count). The van der Waals surface area contributed by atoms with Crippen molar-refractivity contribution in [3.05, 3.63) is 0 Å². The molecule has 1 N–H and O–H groups in total. The third-order valence-electron chi connectivity index (χ3n) is 2.39. The number of ether oxygens (including phenoxy) is 1. The maximum absolute atomic E-state index is 9.05. The van der Waals surface area contributed by atoms with Crippen LogP contribution in [0.5, 0.6) is 0 Å². The van der Waals surface area contributed by atoms with E-state index in [0.717, 1.165) is 19.4 Å². The molecule has 1 aliphatic heterocycles. The van der Waals surface area contributed by atoms with Crippen molar-refractivity contribution in [3.63, 3.8) is 0 Å².